The molecule has 1 heterocycles. The SMILES string of the molecule is CC/C=C(/C(=O)O)N1CCCC1=O. The van der Waals surface area contributed by atoms with Gasteiger partial charge in [-0.1, -0.05) is 13.0 Å². The maximum atomic E-state index is 11.2. The van der Waals surface area contributed by atoms with E-state index in [1.54, 1.807) is 6.08 Å². The molecule has 1 rings (SSSR count). The summed E-state index contributed by atoms with van der Waals surface area (Å²) in [7, 11) is 0. The number of aliphatic carboxylic acids is 1. The molecule has 1 aliphatic rings. The zero-order chi connectivity index (χ0) is 9.84. The van der Waals surface area contributed by atoms with Gasteiger partial charge in [0.25, 0.3) is 0 Å². The fraction of sp³-hybridized carbons (Fsp3) is 0.556. The van der Waals surface area contributed by atoms with Gasteiger partial charge in [0, 0.05) is 13.0 Å². The second-order valence-electron chi connectivity index (χ2n) is 2.95. The molecule has 0 bridgehead atoms. The molecule has 1 saturated heterocycles. The number of amides is 1. The summed E-state index contributed by atoms with van der Waals surface area (Å²) in [6.07, 6.45) is 3.43. The average molecular weight is 183 g/mol. The Balaban J connectivity index is 2.81. The summed E-state index contributed by atoms with van der Waals surface area (Å²) in [5.74, 6) is -1.10. The van der Waals surface area contributed by atoms with Gasteiger partial charge in [-0.05, 0) is 12.8 Å². The number of hydrogen-bond acceptors (Lipinski definition) is 2. The molecular formula is C9H13NO3. The molecule has 1 amide bonds. The lowest BCUT2D eigenvalue weighted by Crippen LogP contribution is -2.28. The van der Waals surface area contributed by atoms with Crippen molar-refractivity contribution < 1.29 is 14.7 Å². The minimum absolute atomic E-state index is 0.0814. The number of allylic oxidation sites excluding steroid dienone is 1. The number of carbonyl (C=O) groups excluding carboxylic acids is 1. The number of carboxylic acids is 1. The van der Waals surface area contributed by atoms with Crippen LogP contribution in [0.1, 0.15) is 26.2 Å². The van der Waals surface area contributed by atoms with Crippen LogP contribution in [0.15, 0.2) is 11.8 Å². The van der Waals surface area contributed by atoms with E-state index in [1.165, 1.54) is 4.90 Å². The lowest BCUT2D eigenvalue weighted by atomic mass is 10.3. The summed E-state index contributed by atoms with van der Waals surface area (Å²) < 4.78 is 0. The van der Waals surface area contributed by atoms with E-state index in [2.05, 4.69) is 0 Å². The Morgan fingerprint density at radius 2 is 2.38 bits per heavy atom. The van der Waals surface area contributed by atoms with Crippen LogP contribution >= 0.6 is 0 Å². The molecule has 1 fully saturated rings. The number of carboxylic acid groups (broad SMARTS) is 1. The minimum atomic E-state index is -1.02. The molecule has 1 N–H and O–H groups in total. The summed E-state index contributed by atoms with van der Waals surface area (Å²) in [5.41, 5.74) is 0.130. The van der Waals surface area contributed by atoms with Crippen LogP contribution in [0.25, 0.3) is 0 Å². The highest BCUT2D eigenvalue weighted by Gasteiger charge is 2.26. The van der Waals surface area contributed by atoms with Crippen molar-refractivity contribution in [3.8, 4) is 0 Å². The highest BCUT2D eigenvalue weighted by Crippen LogP contribution is 2.16. The Morgan fingerprint density at radius 1 is 1.69 bits per heavy atom. The molecule has 0 aromatic carbocycles. The largest absolute Gasteiger partial charge is 0.477 e. The Morgan fingerprint density at radius 3 is 2.77 bits per heavy atom. The van der Waals surface area contributed by atoms with E-state index in [1.807, 2.05) is 6.92 Å². The molecule has 0 spiro atoms. The van der Waals surface area contributed by atoms with Crippen molar-refractivity contribution in [2.75, 3.05) is 6.54 Å². The molecule has 0 saturated carbocycles. The van der Waals surface area contributed by atoms with E-state index in [4.69, 9.17) is 5.11 Å². The first-order valence-corrected chi connectivity index (χ1v) is 4.40. The summed E-state index contributed by atoms with van der Waals surface area (Å²) in [6.45, 7) is 2.39. The molecule has 0 unspecified atom stereocenters. The van der Waals surface area contributed by atoms with Crippen molar-refractivity contribution in [1.29, 1.82) is 0 Å². The molecule has 0 aliphatic carbocycles. The standard InChI is InChI=1S/C9H13NO3/c1-2-4-7(9(12)13)10-6-3-5-8(10)11/h4H,2-3,5-6H2,1H3,(H,12,13)/b7-4-. The molecule has 0 aromatic rings. The fourth-order valence-corrected chi connectivity index (χ4v) is 1.41. The molecule has 4 heteroatoms. The van der Waals surface area contributed by atoms with Gasteiger partial charge in [-0.15, -0.1) is 0 Å². The van der Waals surface area contributed by atoms with Gasteiger partial charge in [0.15, 0.2) is 0 Å². The van der Waals surface area contributed by atoms with Gasteiger partial charge >= 0.3 is 5.97 Å². The van der Waals surface area contributed by atoms with E-state index in [0.717, 1.165) is 6.42 Å². The monoisotopic (exact) mass is 183 g/mol. The van der Waals surface area contributed by atoms with Crippen LogP contribution in [0.5, 0.6) is 0 Å². The third-order valence-electron chi connectivity index (χ3n) is 1.98. The second-order valence-corrected chi connectivity index (χ2v) is 2.95. The number of likely N-dealkylation sites (tertiary alicyclic amines) is 1. The first-order chi connectivity index (χ1) is 6.16. The van der Waals surface area contributed by atoms with Crippen molar-refractivity contribution in [2.45, 2.75) is 26.2 Å². The number of nitrogens with zero attached hydrogens (tertiary/aromatic N) is 1. The Bertz CT molecular complexity index is 258. The average Bonchev–Trinajstić information content (AvgIpc) is 2.47. The predicted octanol–water partition coefficient (Wildman–Crippen LogP) is 0.987. The highest BCUT2D eigenvalue weighted by atomic mass is 16.4. The molecule has 72 valence electrons. The fourth-order valence-electron chi connectivity index (χ4n) is 1.41. The number of carbonyl (C=O) groups is 2. The highest BCUT2D eigenvalue weighted by molar-refractivity contribution is 5.93. The van der Waals surface area contributed by atoms with E-state index >= 15 is 0 Å². The van der Waals surface area contributed by atoms with Crippen LogP contribution in [0, 0.1) is 0 Å². The molecule has 0 atom stereocenters. The maximum absolute atomic E-state index is 11.2. The van der Waals surface area contributed by atoms with Crippen LogP contribution in [-0.2, 0) is 9.59 Å². The molecule has 4 nitrogen and oxygen atoms in total. The van der Waals surface area contributed by atoms with Crippen molar-refractivity contribution in [3.63, 3.8) is 0 Å². The van der Waals surface area contributed by atoms with Crippen LogP contribution in [0.4, 0.5) is 0 Å². The predicted molar refractivity (Wildman–Crippen MR) is 47.0 cm³/mol. The summed E-state index contributed by atoms with van der Waals surface area (Å²) in [4.78, 5) is 23.3. The van der Waals surface area contributed by atoms with E-state index in [0.29, 0.717) is 19.4 Å². The lowest BCUT2D eigenvalue weighted by molar-refractivity contribution is -0.138. The van der Waals surface area contributed by atoms with Gasteiger partial charge in [-0.25, -0.2) is 4.79 Å². The topological polar surface area (TPSA) is 57.6 Å². The normalized spacial score (nSPS) is 18.1. The minimum Gasteiger partial charge on any atom is -0.477 e. The quantitative estimate of drug-likeness (QED) is 0.664. The molecule has 13 heavy (non-hydrogen) atoms. The molecular weight excluding hydrogens is 170 g/mol. The Labute approximate surface area is 76.8 Å². The summed E-state index contributed by atoms with van der Waals surface area (Å²) >= 11 is 0. The van der Waals surface area contributed by atoms with Crippen LogP contribution in [0.3, 0.4) is 0 Å². The first kappa shape index (κ1) is 9.77. The lowest BCUT2D eigenvalue weighted by Gasteiger charge is -2.15. The number of hydrogen-bond donors (Lipinski definition) is 1. The zero-order valence-corrected chi connectivity index (χ0v) is 7.62. The van der Waals surface area contributed by atoms with Crippen molar-refractivity contribution in [1.82, 2.24) is 4.90 Å². The summed E-state index contributed by atoms with van der Waals surface area (Å²) in [5, 5.41) is 8.82. The van der Waals surface area contributed by atoms with E-state index in [9.17, 15) is 9.59 Å². The van der Waals surface area contributed by atoms with Crippen molar-refractivity contribution in [3.05, 3.63) is 11.8 Å². The Kier molecular flexibility index (Phi) is 3.06. The third-order valence-corrected chi connectivity index (χ3v) is 1.98. The van der Waals surface area contributed by atoms with Crippen LogP contribution in [0.2, 0.25) is 0 Å². The van der Waals surface area contributed by atoms with Crippen molar-refractivity contribution in [2.24, 2.45) is 0 Å². The molecule has 0 aromatic heterocycles. The van der Waals surface area contributed by atoms with Crippen LogP contribution < -0.4 is 0 Å². The second kappa shape index (κ2) is 4.07. The van der Waals surface area contributed by atoms with Gasteiger partial charge in [-0.3, -0.25) is 4.79 Å². The van der Waals surface area contributed by atoms with E-state index < -0.39 is 5.97 Å². The third kappa shape index (κ3) is 2.08. The van der Waals surface area contributed by atoms with Gasteiger partial charge in [-0.2, -0.15) is 0 Å². The van der Waals surface area contributed by atoms with Crippen LogP contribution in [-0.4, -0.2) is 28.4 Å². The van der Waals surface area contributed by atoms with Gasteiger partial charge in [0.05, 0.1) is 0 Å². The van der Waals surface area contributed by atoms with E-state index in [-0.39, 0.29) is 11.6 Å². The van der Waals surface area contributed by atoms with Gasteiger partial charge < -0.3 is 10.0 Å². The molecule has 0 radical (unpaired) electrons. The first-order valence-electron chi connectivity index (χ1n) is 4.40. The van der Waals surface area contributed by atoms with Gasteiger partial charge in [0.2, 0.25) is 5.91 Å². The summed E-state index contributed by atoms with van der Waals surface area (Å²) in [6, 6.07) is 0. The Hall–Kier alpha value is -1.32. The number of rotatable bonds is 3. The molecule has 1 aliphatic heterocycles. The zero-order valence-electron chi connectivity index (χ0n) is 7.62. The smallest absolute Gasteiger partial charge is 0.352 e. The van der Waals surface area contributed by atoms with Crippen molar-refractivity contribution >= 4 is 11.9 Å². The maximum Gasteiger partial charge on any atom is 0.352 e. The van der Waals surface area contributed by atoms with Gasteiger partial charge in [0.1, 0.15) is 5.70 Å².